The number of nitrogens with zero attached hydrogens (tertiary/aromatic N) is 1. The molecule has 1 amide bonds. The number of rotatable bonds is 3. The lowest BCUT2D eigenvalue weighted by atomic mass is 10.1. The minimum atomic E-state index is 0.0250. The quantitative estimate of drug-likeness (QED) is 0.818. The third-order valence-electron chi connectivity index (χ3n) is 2.79. The van der Waals surface area contributed by atoms with E-state index in [4.69, 9.17) is 0 Å². The summed E-state index contributed by atoms with van der Waals surface area (Å²) < 4.78 is 0. The van der Waals surface area contributed by atoms with Crippen LogP contribution in [0.15, 0.2) is 6.07 Å². The number of amides is 1. The first kappa shape index (κ1) is 10.1. The van der Waals surface area contributed by atoms with E-state index in [1.807, 2.05) is 6.92 Å². The van der Waals surface area contributed by atoms with Crippen molar-refractivity contribution >= 4 is 5.91 Å². The van der Waals surface area contributed by atoms with Gasteiger partial charge in [-0.1, -0.05) is 13.3 Å². The van der Waals surface area contributed by atoms with Gasteiger partial charge in [-0.3, -0.25) is 9.78 Å². The molecule has 0 aliphatic carbocycles. The average molecular weight is 204 g/mol. The van der Waals surface area contributed by atoms with Crippen molar-refractivity contribution in [2.45, 2.75) is 39.7 Å². The van der Waals surface area contributed by atoms with Gasteiger partial charge in [0, 0.05) is 12.2 Å². The number of carbonyl (C=O) groups excluding carboxylic acids is 1. The molecule has 1 aromatic rings. The molecule has 0 atom stereocenters. The van der Waals surface area contributed by atoms with E-state index in [9.17, 15) is 4.79 Å². The van der Waals surface area contributed by atoms with Gasteiger partial charge in [-0.25, -0.2) is 0 Å². The maximum absolute atomic E-state index is 11.5. The highest BCUT2D eigenvalue weighted by Crippen LogP contribution is 2.19. The summed E-state index contributed by atoms with van der Waals surface area (Å²) in [6.07, 6.45) is 3.35. The van der Waals surface area contributed by atoms with Gasteiger partial charge in [-0.2, -0.15) is 0 Å². The van der Waals surface area contributed by atoms with Gasteiger partial charge >= 0.3 is 0 Å². The van der Waals surface area contributed by atoms with Crippen LogP contribution >= 0.6 is 0 Å². The molecule has 1 aliphatic rings. The van der Waals surface area contributed by atoms with Crippen LogP contribution < -0.4 is 5.32 Å². The molecule has 3 heteroatoms. The van der Waals surface area contributed by atoms with Crippen molar-refractivity contribution in [3.8, 4) is 0 Å². The standard InChI is InChI=1S/C12H16N2O/c1-3-4-5-10-6-9-7-13-12(15)11(9)8(2)14-10/h6H,3-5,7H2,1-2H3,(H,13,15). The number of nitrogens with one attached hydrogen (secondary N) is 1. The Morgan fingerprint density at radius 1 is 1.53 bits per heavy atom. The smallest absolute Gasteiger partial charge is 0.253 e. The Bertz CT molecular complexity index is 399. The van der Waals surface area contributed by atoms with Crippen LogP contribution in [-0.4, -0.2) is 10.9 Å². The van der Waals surface area contributed by atoms with E-state index in [1.165, 1.54) is 6.42 Å². The van der Waals surface area contributed by atoms with E-state index < -0.39 is 0 Å². The largest absolute Gasteiger partial charge is 0.348 e. The Balaban J connectivity index is 2.31. The molecule has 1 aliphatic heterocycles. The fourth-order valence-electron chi connectivity index (χ4n) is 2.01. The van der Waals surface area contributed by atoms with Crippen molar-refractivity contribution in [1.29, 1.82) is 0 Å². The molecule has 0 aromatic carbocycles. The molecule has 2 rings (SSSR count). The van der Waals surface area contributed by atoms with Crippen LogP contribution in [0, 0.1) is 6.92 Å². The number of hydrogen-bond donors (Lipinski definition) is 1. The van der Waals surface area contributed by atoms with Crippen LogP contribution in [0.5, 0.6) is 0 Å². The summed E-state index contributed by atoms with van der Waals surface area (Å²) in [4.78, 5) is 15.9. The Kier molecular flexibility index (Phi) is 2.71. The molecule has 15 heavy (non-hydrogen) atoms. The fraction of sp³-hybridized carbons (Fsp3) is 0.500. The topological polar surface area (TPSA) is 42.0 Å². The van der Waals surface area contributed by atoms with Crippen molar-refractivity contribution in [1.82, 2.24) is 10.3 Å². The Labute approximate surface area is 89.9 Å². The van der Waals surface area contributed by atoms with Crippen molar-refractivity contribution in [2.24, 2.45) is 0 Å². The molecular weight excluding hydrogens is 188 g/mol. The number of aromatic nitrogens is 1. The molecule has 80 valence electrons. The number of hydrogen-bond acceptors (Lipinski definition) is 2. The first-order chi connectivity index (χ1) is 7.22. The third-order valence-corrected chi connectivity index (χ3v) is 2.79. The number of aryl methyl sites for hydroxylation is 2. The molecule has 0 fully saturated rings. The minimum absolute atomic E-state index is 0.0250. The number of fused-ring (bicyclic) bond motifs is 1. The lowest BCUT2D eigenvalue weighted by molar-refractivity contribution is 0.0965. The predicted octanol–water partition coefficient (Wildman–Crippen LogP) is 1.98. The van der Waals surface area contributed by atoms with Crippen LogP contribution in [0.2, 0.25) is 0 Å². The first-order valence-corrected chi connectivity index (χ1v) is 5.50. The minimum Gasteiger partial charge on any atom is -0.348 e. The van der Waals surface area contributed by atoms with Gasteiger partial charge in [-0.15, -0.1) is 0 Å². The van der Waals surface area contributed by atoms with E-state index in [2.05, 4.69) is 23.3 Å². The maximum Gasteiger partial charge on any atom is 0.253 e. The van der Waals surface area contributed by atoms with Gasteiger partial charge in [0.05, 0.1) is 11.3 Å². The zero-order chi connectivity index (χ0) is 10.8. The van der Waals surface area contributed by atoms with E-state index in [0.717, 1.165) is 35.4 Å². The van der Waals surface area contributed by atoms with Gasteiger partial charge < -0.3 is 5.32 Å². The summed E-state index contributed by atoms with van der Waals surface area (Å²) in [5.74, 6) is 0.0250. The third kappa shape index (κ3) is 1.87. The van der Waals surface area contributed by atoms with E-state index >= 15 is 0 Å². The molecule has 0 saturated heterocycles. The van der Waals surface area contributed by atoms with Crippen LogP contribution in [0.3, 0.4) is 0 Å². The average Bonchev–Trinajstić information content (AvgIpc) is 2.58. The fourth-order valence-corrected chi connectivity index (χ4v) is 2.01. The number of unbranched alkanes of at least 4 members (excludes halogenated alkanes) is 1. The highest BCUT2D eigenvalue weighted by molar-refractivity contribution is 5.99. The summed E-state index contributed by atoms with van der Waals surface area (Å²) in [6.45, 7) is 4.75. The van der Waals surface area contributed by atoms with Crippen molar-refractivity contribution in [3.63, 3.8) is 0 Å². The molecule has 0 saturated carbocycles. The monoisotopic (exact) mass is 204 g/mol. The van der Waals surface area contributed by atoms with Gasteiger partial charge in [-0.05, 0) is 31.4 Å². The summed E-state index contributed by atoms with van der Waals surface area (Å²) in [5, 5.41) is 2.83. The second kappa shape index (κ2) is 4.01. The second-order valence-electron chi connectivity index (χ2n) is 4.02. The molecule has 1 N–H and O–H groups in total. The maximum atomic E-state index is 11.5. The Hall–Kier alpha value is -1.38. The highest BCUT2D eigenvalue weighted by Gasteiger charge is 2.22. The number of carbonyl (C=O) groups is 1. The first-order valence-electron chi connectivity index (χ1n) is 5.50. The van der Waals surface area contributed by atoms with E-state index in [-0.39, 0.29) is 5.91 Å². The molecule has 0 spiro atoms. The molecule has 0 unspecified atom stereocenters. The highest BCUT2D eigenvalue weighted by atomic mass is 16.1. The normalized spacial score (nSPS) is 13.9. The van der Waals surface area contributed by atoms with Crippen molar-refractivity contribution in [2.75, 3.05) is 0 Å². The molecule has 3 nitrogen and oxygen atoms in total. The summed E-state index contributed by atoms with van der Waals surface area (Å²) in [7, 11) is 0. The van der Waals surface area contributed by atoms with Crippen LogP contribution in [0.4, 0.5) is 0 Å². The van der Waals surface area contributed by atoms with E-state index in [1.54, 1.807) is 0 Å². The Morgan fingerprint density at radius 2 is 2.33 bits per heavy atom. The van der Waals surface area contributed by atoms with Crippen LogP contribution in [0.1, 0.15) is 47.1 Å². The molecule has 0 bridgehead atoms. The van der Waals surface area contributed by atoms with Crippen molar-refractivity contribution in [3.05, 3.63) is 28.6 Å². The lowest BCUT2D eigenvalue weighted by Gasteiger charge is -2.05. The summed E-state index contributed by atoms with van der Waals surface area (Å²) in [6, 6.07) is 2.07. The lowest BCUT2D eigenvalue weighted by Crippen LogP contribution is -2.13. The van der Waals surface area contributed by atoms with Crippen LogP contribution in [-0.2, 0) is 13.0 Å². The Morgan fingerprint density at radius 3 is 3.07 bits per heavy atom. The van der Waals surface area contributed by atoms with Gasteiger partial charge in [0.25, 0.3) is 5.91 Å². The summed E-state index contributed by atoms with van der Waals surface area (Å²) >= 11 is 0. The second-order valence-corrected chi connectivity index (χ2v) is 4.02. The van der Waals surface area contributed by atoms with Gasteiger partial charge in [0.2, 0.25) is 0 Å². The van der Waals surface area contributed by atoms with Crippen LogP contribution in [0.25, 0.3) is 0 Å². The molecule has 1 aromatic heterocycles. The van der Waals surface area contributed by atoms with E-state index in [0.29, 0.717) is 6.54 Å². The molecular formula is C12H16N2O. The SMILES string of the molecule is CCCCc1cc2c(c(C)n1)C(=O)NC2. The predicted molar refractivity (Wildman–Crippen MR) is 58.8 cm³/mol. The van der Waals surface area contributed by atoms with Gasteiger partial charge in [0.1, 0.15) is 0 Å². The van der Waals surface area contributed by atoms with Gasteiger partial charge in [0.15, 0.2) is 0 Å². The van der Waals surface area contributed by atoms with Crippen molar-refractivity contribution < 1.29 is 4.79 Å². The zero-order valence-corrected chi connectivity index (χ0v) is 9.26. The summed E-state index contributed by atoms with van der Waals surface area (Å²) in [5.41, 5.74) is 3.88. The molecule has 0 radical (unpaired) electrons. The zero-order valence-electron chi connectivity index (χ0n) is 9.26. The number of pyridine rings is 1. The molecule has 2 heterocycles.